The maximum atomic E-state index is 12.7. The highest BCUT2D eigenvalue weighted by Crippen LogP contribution is 2.19. The first-order valence-electron chi connectivity index (χ1n) is 35.2. The number of unbranched alkanes of at least 4 members (excludes halogenated alkanes) is 53. The summed E-state index contributed by atoms with van der Waals surface area (Å²) in [5.74, 6) is -0.586. The van der Waals surface area contributed by atoms with Crippen molar-refractivity contribution in [2.45, 2.75) is 417 Å². The smallest absolute Gasteiger partial charge is 0.249 e. The highest BCUT2D eigenvalue weighted by molar-refractivity contribution is 5.80. The van der Waals surface area contributed by atoms with Gasteiger partial charge in [0.2, 0.25) is 5.91 Å². The van der Waals surface area contributed by atoms with Gasteiger partial charge < -0.3 is 25.7 Å². The van der Waals surface area contributed by atoms with Gasteiger partial charge in [-0.05, 0) is 64.2 Å². The van der Waals surface area contributed by atoms with Crippen molar-refractivity contribution < 1.29 is 25.2 Å². The van der Waals surface area contributed by atoms with Crippen molar-refractivity contribution in [3.05, 3.63) is 24.3 Å². The van der Waals surface area contributed by atoms with E-state index in [4.69, 9.17) is 0 Å². The van der Waals surface area contributed by atoms with Gasteiger partial charge in [0.15, 0.2) is 0 Å². The number of carbonyl (C=O) groups is 1. The first-order chi connectivity index (χ1) is 38.0. The molecule has 0 radical (unpaired) electrons. The summed E-state index contributed by atoms with van der Waals surface area (Å²) in [6.45, 7) is 4.10. The molecule has 0 fully saturated rings. The number of aliphatic hydroxyl groups is 4. The molecule has 0 aliphatic carbocycles. The summed E-state index contributed by atoms with van der Waals surface area (Å²) in [6.07, 6.45) is 83.1. The first-order valence-corrected chi connectivity index (χ1v) is 35.2. The number of nitrogens with one attached hydrogen (secondary N) is 1. The predicted octanol–water partition coefficient (Wildman–Crippen LogP) is 21.7. The second kappa shape index (κ2) is 65.6. The van der Waals surface area contributed by atoms with Crippen LogP contribution in [0.4, 0.5) is 0 Å². The van der Waals surface area contributed by atoms with Crippen LogP contribution in [0.15, 0.2) is 24.3 Å². The Morgan fingerprint density at radius 3 is 0.779 bits per heavy atom. The molecule has 4 unspecified atom stereocenters. The fourth-order valence-electron chi connectivity index (χ4n) is 11.4. The topological polar surface area (TPSA) is 110 Å². The number of amides is 1. The zero-order valence-electron chi connectivity index (χ0n) is 52.2. The highest BCUT2D eigenvalue weighted by Gasteiger charge is 2.28. The van der Waals surface area contributed by atoms with E-state index >= 15 is 0 Å². The van der Waals surface area contributed by atoms with Crippen molar-refractivity contribution in [1.29, 1.82) is 0 Å². The minimum Gasteiger partial charge on any atom is -0.394 e. The number of rotatable bonds is 66. The molecule has 6 nitrogen and oxygen atoms in total. The van der Waals surface area contributed by atoms with Gasteiger partial charge in [-0.1, -0.05) is 353 Å². The van der Waals surface area contributed by atoms with Crippen LogP contribution in [0.3, 0.4) is 0 Å². The molecule has 77 heavy (non-hydrogen) atoms. The summed E-state index contributed by atoms with van der Waals surface area (Å²) >= 11 is 0. The van der Waals surface area contributed by atoms with Crippen LogP contribution >= 0.6 is 0 Å². The van der Waals surface area contributed by atoms with Gasteiger partial charge in [-0.15, -0.1) is 0 Å². The van der Waals surface area contributed by atoms with Crippen LogP contribution in [-0.4, -0.2) is 57.3 Å². The predicted molar refractivity (Wildman–Crippen MR) is 339 cm³/mol. The highest BCUT2D eigenvalue weighted by atomic mass is 16.3. The van der Waals surface area contributed by atoms with E-state index in [1.165, 1.54) is 327 Å². The van der Waals surface area contributed by atoms with Gasteiger partial charge in [0.1, 0.15) is 12.2 Å². The van der Waals surface area contributed by atoms with Crippen LogP contribution < -0.4 is 5.32 Å². The molecule has 0 aliphatic heterocycles. The molecule has 0 heterocycles. The number of allylic oxidation sites excluding steroid dienone is 4. The second-order valence-electron chi connectivity index (χ2n) is 24.6. The molecule has 0 aromatic carbocycles. The average molecular weight is 1090 g/mol. The molecule has 0 bridgehead atoms. The summed E-state index contributed by atoms with van der Waals surface area (Å²) < 4.78 is 0. The Hall–Kier alpha value is -1.21. The second-order valence-corrected chi connectivity index (χ2v) is 24.6. The van der Waals surface area contributed by atoms with E-state index < -0.39 is 36.9 Å². The SMILES string of the molecule is CCCCCCCCCCCCCC/C=C\CCCCCCCCCCCCCCCCCCC(O)C(=O)NC(CO)C(O)C(O)CCC/C=C/CCCCCCCCCCCCCCCCCCCCCCCCCC. The number of hydrogen-bond acceptors (Lipinski definition) is 5. The third-order valence-electron chi connectivity index (χ3n) is 16.9. The maximum Gasteiger partial charge on any atom is 0.249 e. The lowest BCUT2D eigenvalue weighted by molar-refractivity contribution is -0.132. The van der Waals surface area contributed by atoms with E-state index in [1.54, 1.807) is 0 Å². The van der Waals surface area contributed by atoms with Gasteiger partial charge in [0, 0.05) is 0 Å². The molecule has 0 saturated heterocycles. The summed E-state index contributed by atoms with van der Waals surface area (Å²) in [4.78, 5) is 12.7. The minimum absolute atomic E-state index is 0.367. The Bertz CT molecular complexity index is 1170. The number of aliphatic hydroxyl groups excluding tert-OH is 4. The molecule has 458 valence electrons. The van der Waals surface area contributed by atoms with Crippen LogP contribution in [0, 0.1) is 0 Å². The van der Waals surface area contributed by atoms with Crippen molar-refractivity contribution in [2.75, 3.05) is 6.61 Å². The van der Waals surface area contributed by atoms with Gasteiger partial charge in [-0.3, -0.25) is 4.79 Å². The standard InChI is InChI=1S/C71H139NO5/c1-3-5-7-9-11-13-15-17-19-21-23-25-27-29-31-33-34-35-37-39-41-43-45-47-49-51-53-55-57-59-61-63-65-69(75)71(77)72-67(66-73)70(76)68(74)64-62-60-58-56-54-52-50-48-46-44-42-40-38-36-32-30-28-26-24-22-20-18-16-14-12-10-8-6-4-2/h29,31,56,58,67-70,73-76H,3-28,30,32-55,57,59-66H2,1-2H3,(H,72,77)/b31-29-,58-56+. The zero-order valence-corrected chi connectivity index (χ0v) is 52.2. The minimum atomic E-state index is -1.28. The molecule has 0 spiro atoms. The van der Waals surface area contributed by atoms with E-state index in [0.29, 0.717) is 12.8 Å². The number of carbonyl (C=O) groups excluding carboxylic acids is 1. The maximum absolute atomic E-state index is 12.7. The molecular weight excluding hydrogens is 947 g/mol. The van der Waals surface area contributed by atoms with Gasteiger partial charge in [0.05, 0.1) is 18.8 Å². The summed E-state index contributed by atoms with van der Waals surface area (Å²) in [6, 6.07) is -1.00. The van der Waals surface area contributed by atoms with Crippen LogP contribution in [0.2, 0.25) is 0 Å². The Labute approximate surface area is 482 Å². The van der Waals surface area contributed by atoms with Crippen LogP contribution in [0.25, 0.3) is 0 Å². The lowest BCUT2D eigenvalue weighted by atomic mass is 10.00. The van der Waals surface area contributed by atoms with Crippen LogP contribution in [0.5, 0.6) is 0 Å². The van der Waals surface area contributed by atoms with Crippen molar-refractivity contribution >= 4 is 5.91 Å². The third-order valence-corrected chi connectivity index (χ3v) is 16.9. The lowest BCUT2D eigenvalue weighted by Gasteiger charge is -2.27. The van der Waals surface area contributed by atoms with Gasteiger partial charge in [0.25, 0.3) is 0 Å². The Kier molecular flexibility index (Phi) is 64.6. The molecule has 4 atom stereocenters. The Morgan fingerprint density at radius 1 is 0.312 bits per heavy atom. The summed E-state index contributed by atoms with van der Waals surface area (Å²) in [5, 5.41) is 44.2. The normalized spacial score (nSPS) is 13.6. The Balaban J connectivity index is 3.55. The number of hydrogen-bond donors (Lipinski definition) is 5. The van der Waals surface area contributed by atoms with E-state index in [9.17, 15) is 25.2 Å². The van der Waals surface area contributed by atoms with Gasteiger partial charge in [-0.2, -0.15) is 0 Å². The van der Waals surface area contributed by atoms with Crippen molar-refractivity contribution in [2.24, 2.45) is 0 Å². The zero-order chi connectivity index (χ0) is 55.8. The van der Waals surface area contributed by atoms with E-state index in [1.807, 2.05) is 0 Å². The van der Waals surface area contributed by atoms with Crippen LogP contribution in [0.1, 0.15) is 393 Å². The van der Waals surface area contributed by atoms with E-state index in [2.05, 4.69) is 43.5 Å². The molecular formula is C71H139NO5. The molecule has 6 heteroatoms. The largest absolute Gasteiger partial charge is 0.394 e. The van der Waals surface area contributed by atoms with E-state index in [0.717, 1.165) is 38.5 Å². The van der Waals surface area contributed by atoms with Crippen molar-refractivity contribution in [3.63, 3.8) is 0 Å². The monoisotopic (exact) mass is 1090 g/mol. The molecule has 0 rings (SSSR count). The third kappa shape index (κ3) is 59.2. The molecule has 5 N–H and O–H groups in total. The summed E-state index contributed by atoms with van der Waals surface area (Å²) in [5.41, 5.74) is 0. The molecule has 0 aromatic heterocycles. The van der Waals surface area contributed by atoms with Crippen LogP contribution in [-0.2, 0) is 4.79 Å². The summed E-state index contributed by atoms with van der Waals surface area (Å²) in [7, 11) is 0. The molecule has 0 aliphatic rings. The van der Waals surface area contributed by atoms with Gasteiger partial charge in [-0.25, -0.2) is 0 Å². The van der Waals surface area contributed by atoms with Gasteiger partial charge >= 0.3 is 0 Å². The average Bonchev–Trinajstić information content (AvgIpc) is 3.43. The first kappa shape index (κ1) is 75.8. The van der Waals surface area contributed by atoms with Crippen molar-refractivity contribution in [3.8, 4) is 0 Å². The molecule has 0 aromatic rings. The molecule has 0 saturated carbocycles. The van der Waals surface area contributed by atoms with Crippen molar-refractivity contribution in [1.82, 2.24) is 5.32 Å². The fourth-order valence-corrected chi connectivity index (χ4v) is 11.4. The lowest BCUT2D eigenvalue weighted by Crippen LogP contribution is -2.53. The fraction of sp³-hybridized carbons (Fsp3) is 0.930. The quantitative estimate of drug-likeness (QED) is 0.0308. The Morgan fingerprint density at radius 2 is 0.532 bits per heavy atom. The van der Waals surface area contributed by atoms with E-state index in [-0.39, 0.29) is 0 Å². The molecule has 1 amide bonds.